The highest BCUT2D eigenvalue weighted by atomic mass is 32.1. The molecule has 44 heavy (non-hydrogen) atoms. The molecule has 0 unspecified atom stereocenters. The Morgan fingerprint density at radius 3 is 2.55 bits per heavy atom. The van der Waals surface area contributed by atoms with Gasteiger partial charge in [0.25, 0.3) is 0 Å². The van der Waals surface area contributed by atoms with Gasteiger partial charge in [-0.3, -0.25) is 0 Å². The van der Waals surface area contributed by atoms with Crippen molar-refractivity contribution in [2.75, 3.05) is 0 Å². The Morgan fingerprint density at radius 1 is 0.727 bits per heavy atom. The molecular formula is C40H29N3S. The van der Waals surface area contributed by atoms with Gasteiger partial charge in [0, 0.05) is 32.1 Å². The molecule has 4 aromatic heterocycles. The van der Waals surface area contributed by atoms with Crippen LogP contribution in [-0.4, -0.2) is 14.2 Å². The molecule has 8 aromatic rings. The van der Waals surface area contributed by atoms with Crippen LogP contribution in [0.4, 0.5) is 0 Å². The Hall–Kier alpha value is -4.93. The third-order valence-electron chi connectivity index (χ3n) is 9.94. The van der Waals surface area contributed by atoms with Crippen molar-refractivity contribution in [3.05, 3.63) is 125 Å². The fraction of sp³-hybridized carbons (Fsp3) is 0.125. The van der Waals surface area contributed by atoms with Crippen LogP contribution in [0.25, 0.3) is 76.9 Å². The third-order valence-corrected chi connectivity index (χ3v) is 11.1. The molecule has 0 fully saturated rings. The molecule has 0 atom stereocenters. The number of rotatable bonds is 2. The summed E-state index contributed by atoms with van der Waals surface area (Å²) in [6, 6.07) is 38.3. The lowest BCUT2D eigenvalue weighted by molar-refractivity contribution is 0.661. The van der Waals surface area contributed by atoms with Crippen molar-refractivity contribution in [2.24, 2.45) is 0 Å². The summed E-state index contributed by atoms with van der Waals surface area (Å²) in [4.78, 5) is 0. The van der Waals surface area contributed by atoms with Crippen LogP contribution in [0.2, 0.25) is 0 Å². The monoisotopic (exact) mass is 583 g/mol. The Kier molecular flexibility index (Phi) is 4.78. The molecule has 0 spiro atoms. The summed E-state index contributed by atoms with van der Waals surface area (Å²) in [6.45, 7) is 4.74. The summed E-state index contributed by atoms with van der Waals surface area (Å²) in [7, 11) is 0. The van der Waals surface area contributed by atoms with Crippen molar-refractivity contribution < 1.29 is 0 Å². The summed E-state index contributed by atoms with van der Waals surface area (Å²) in [6.07, 6.45) is 6.80. The van der Waals surface area contributed by atoms with Crippen molar-refractivity contribution in [3.63, 3.8) is 0 Å². The summed E-state index contributed by atoms with van der Waals surface area (Å²) in [5, 5.41) is 10.2. The lowest BCUT2D eigenvalue weighted by atomic mass is 9.82. The fourth-order valence-corrected chi connectivity index (χ4v) is 9.01. The molecule has 4 heteroatoms. The van der Waals surface area contributed by atoms with Gasteiger partial charge in [0.05, 0.1) is 32.3 Å². The van der Waals surface area contributed by atoms with Crippen LogP contribution in [0, 0.1) is 0 Å². The van der Waals surface area contributed by atoms with Gasteiger partial charge >= 0.3 is 0 Å². The van der Waals surface area contributed by atoms with Gasteiger partial charge in [-0.1, -0.05) is 86.7 Å². The standard InChI is InChI=1S/C40H29N3S/c1-40(2)32-15-6-4-13-28(32)30-23-36-31(22-33(30)40)39-38(29-14-5-8-17-37(29)44-39)42(36)26-12-9-11-25(20-26)34-21-27-19-18-24-10-3-7-16-35(24)43(27)41-34/h4-6,8-23H,3,7H2,1-2H3. The van der Waals surface area contributed by atoms with Gasteiger partial charge in [-0.25, -0.2) is 4.52 Å². The minimum absolute atomic E-state index is 0.0390. The summed E-state index contributed by atoms with van der Waals surface area (Å²) in [5.74, 6) is 0. The minimum atomic E-state index is -0.0390. The van der Waals surface area contributed by atoms with Crippen molar-refractivity contribution in [2.45, 2.75) is 32.1 Å². The molecule has 2 aliphatic rings. The molecular weight excluding hydrogens is 555 g/mol. The SMILES string of the molecule is CC1(C)c2ccccc2-c2cc3c(cc21)c1sc2ccccc2c1n3-c1cccc(-c2cc3ccc4c(n3n2)=CCCC=4)c1. The molecule has 10 rings (SSSR count). The largest absolute Gasteiger partial charge is 0.308 e. The predicted molar refractivity (Wildman–Crippen MR) is 185 cm³/mol. The number of hydrogen-bond acceptors (Lipinski definition) is 2. The summed E-state index contributed by atoms with van der Waals surface area (Å²) < 4.78 is 7.30. The van der Waals surface area contributed by atoms with Crippen LogP contribution < -0.4 is 10.6 Å². The van der Waals surface area contributed by atoms with E-state index in [4.69, 9.17) is 5.10 Å². The quantitative estimate of drug-likeness (QED) is 0.199. The molecule has 0 aliphatic heterocycles. The summed E-state index contributed by atoms with van der Waals surface area (Å²) >= 11 is 1.91. The Balaban J connectivity index is 1.26. The zero-order valence-corrected chi connectivity index (χ0v) is 25.5. The number of nitrogens with zero attached hydrogens (tertiary/aromatic N) is 3. The van der Waals surface area contributed by atoms with E-state index in [2.05, 4.69) is 138 Å². The number of aromatic nitrogens is 3. The summed E-state index contributed by atoms with van der Waals surface area (Å²) in [5.41, 5.74) is 12.5. The topological polar surface area (TPSA) is 22.2 Å². The van der Waals surface area contributed by atoms with E-state index in [0.717, 1.165) is 35.3 Å². The van der Waals surface area contributed by atoms with Gasteiger partial charge in [-0.15, -0.1) is 11.3 Å². The first-order chi connectivity index (χ1) is 21.6. The van der Waals surface area contributed by atoms with Gasteiger partial charge in [0.15, 0.2) is 0 Å². The number of fused-ring (bicyclic) bond motifs is 11. The molecule has 2 aliphatic carbocycles. The Bertz CT molecular complexity index is 2640. The minimum Gasteiger partial charge on any atom is -0.308 e. The number of hydrogen-bond donors (Lipinski definition) is 0. The van der Waals surface area contributed by atoms with Gasteiger partial charge in [-0.2, -0.15) is 5.10 Å². The van der Waals surface area contributed by atoms with Crippen molar-refractivity contribution in [1.29, 1.82) is 0 Å². The first-order valence-corrected chi connectivity index (χ1v) is 16.3. The second-order valence-corrected chi connectivity index (χ2v) is 13.8. The predicted octanol–water partition coefficient (Wildman–Crippen LogP) is 8.97. The van der Waals surface area contributed by atoms with E-state index in [-0.39, 0.29) is 5.41 Å². The van der Waals surface area contributed by atoms with Crippen molar-refractivity contribution in [1.82, 2.24) is 14.2 Å². The molecule has 0 saturated carbocycles. The third kappa shape index (κ3) is 3.18. The van der Waals surface area contributed by atoms with Crippen molar-refractivity contribution in [3.8, 4) is 28.1 Å². The van der Waals surface area contributed by atoms with Crippen LogP contribution in [0.15, 0.2) is 103 Å². The van der Waals surface area contributed by atoms with Crippen LogP contribution in [0.5, 0.6) is 0 Å². The molecule has 0 saturated heterocycles. The molecule has 0 radical (unpaired) electrons. The molecule has 0 N–H and O–H groups in total. The molecule has 0 bridgehead atoms. The highest BCUT2D eigenvalue weighted by Crippen LogP contribution is 2.52. The number of thiophene rings is 1. The van der Waals surface area contributed by atoms with Crippen LogP contribution in [-0.2, 0) is 5.41 Å². The normalized spacial score (nSPS) is 15.0. The zero-order valence-electron chi connectivity index (χ0n) is 24.6. The van der Waals surface area contributed by atoms with E-state index in [0.29, 0.717) is 0 Å². The van der Waals surface area contributed by atoms with Crippen LogP contribution >= 0.6 is 11.3 Å². The molecule has 4 heterocycles. The average molecular weight is 584 g/mol. The van der Waals surface area contributed by atoms with Crippen molar-refractivity contribution >= 4 is 60.2 Å². The molecule has 3 nitrogen and oxygen atoms in total. The molecule has 4 aromatic carbocycles. The Morgan fingerprint density at radius 2 is 1.59 bits per heavy atom. The first kappa shape index (κ1) is 24.5. The maximum atomic E-state index is 5.13. The van der Waals surface area contributed by atoms with E-state index < -0.39 is 0 Å². The maximum absolute atomic E-state index is 5.13. The second-order valence-electron chi connectivity index (χ2n) is 12.8. The van der Waals surface area contributed by atoms with E-state index in [1.165, 1.54) is 64.0 Å². The first-order valence-electron chi connectivity index (χ1n) is 15.5. The van der Waals surface area contributed by atoms with Crippen LogP contribution in [0.1, 0.15) is 37.8 Å². The number of benzene rings is 4. The van der Waals surface area contributed by atoms with Gasteiger partial charge < -0.3 is 4.57 Å². The molecule has 210 valence electrons. The van der Waals surface area contributed by atoms with Gasteiger partial charge in [-0.05, 0) is 82.8 Å². The highest BCUT2D eigenvalue weighted by Gasteiger charge is 2.36. The van der Waals surface area contributed by atoms with Gasteiger partial charge in [0.2, 0.25) is 0 Å². The van der Waals surface area contributed by atoms with E-state index in [1.54, 1.807) is 0 Å². The second kappa shape index (κ2) is 8.58. The lowest BCUT2D eigenvalue weighted by Gasteiger charge is -2.21. The lowest BCUT2D eigenvalue weighted by Crippen LogP contribution is -2.33. The maximum Gasteiger partial charge on any atom is 0.0934 e. The smallest absolute Gasteiger partial charge is 0.0934 e. The number of pyridine rings is 1. The van der Waals surface area contributed by atoms with E-state index in [1.807, 2.05) is 11.3 Å². The fourth-order valence-electron chi connectivity index (χ4n) is 7.80. The average Bonchev–Trinajstić information content (AvgIpc) is 3.79. The van der Waals surface area contributed by atoms with E-state index in [9.17, 15) is 0 Å². The zero-order chi connectivity index (χ0) is 29.2. The van der Waals surface area contributed by atoms with E-state index >= 15 is 0 Å². The van der Waals surface area contributed by atoms with Gasteiger partial charge in [0.1, 0.15) is 0 Å². The van der Waals surface area contributed by atoms with Crippen LogP contribution in [0.3, 0.4) is 0 Å². The Labute approximate surface area is 258 Å². The highest BCUT2D eigenvalue weighted by molar-refractivity contribution is 7.26. The molecule has 0 amide bonds.